The van der Waals surface area contributed by atoms with Crippen molar-refractivity contribution in [1.29, 1.82) is 0 Å². The third-order valence-electron chi connectivity index (χ3n) is 2.47. The van der Waals surface area contributed by atoms with Gasteiger partial charge in [0, 0.05) is 0 Å². The van der Waals surface area contributed by atoms with E-state index in [1.165, 1.54) is 13.0 Å². The highest BCUT2D eigenvalue weighted by atomic mass is 14.8. The quantitative estimate of drug-likeness (QED) is 0.693. The van der Waals surface area contributed by atoms with Gasteiger partial charge in [0.25, 0.3) is 0 Å². The molecule has 0 aliphatic rings. The lowest BCUT2D eigenvalue weighted by atomic mass is 9.79. The van der Waals surface area contributed by atoms with Gasteiger partial charge in [0.05, 0.1) is 0 Å². The van der Waals surface area contributed by atoms with E-state index in [4.69, 9.17) is 0 Å². The van der Waals surface area contributed by atoms with E-state index in [0.29, 0.717) is 5.41 Å². The molecule has 0 bridgehead atoms. The van der Waals surface area contributed by atoms with E-state index in [0.717, 1.165) is 18.4 Å². The number of nitrogens with one attached hydrogen (secondary N) is 1. The van der Waals surface area contributed by atoms with Crippen LogP contribution in [0.15, 0.2) is 0 Å². The number of hydrogen-bond donors (Lipinski definition) is 1. The first-order chi connectivity index (χ1) is 5.87. The van der Waals surface area contributed by atoms with E-state index in [1.54, 1.807) is 0 Å². The molecule has 0 aromatic rings. The van der Waals surface area contributed by atoms with E-state index in [1.807, 2.05) is 0 Å². The van der Waals surface area contributed by atoms with Crippen LogP contribution in [-0.2, 0) is 0 Å². The molecule has 0 aromatic heterocycles. The molecule has 0 fully saturated rings. The molecule has 80 valence electrons. The van der Waals surface area contributed by atoms with Gasteiger partial charge in [0.15, 0.2) is 0 Å². The molecule has 0 aliphatic heterocycles. The maximum Gasteiger partial charge on any atom is -0.00180 e. The van der Waals surface area contributed by atoms with E-state index in [9.17, 15) is 0 Å². The largest absolute Gasteiger partial charge is 0.317 e. The average Bonchev–Trinajstić information content (AvgIpc) is 1.95. The summed E-state index contributed by atoms with van der Waals surface area (Å²) in [6.45, 7) is 16.1. The first-order valence-corrected chi connectivity index (χ1v) is 5.57. The van der Waals surface area contributed by atoms with Gasteiger partial charge >= 0.3 is 0 Å². The lowest BCUT2D eigenvalue weighted by molar-refractivity contribution is 0.237. The summed E-state index contributed by atoms with van der Waals surface area (Å²) in [6.07, 6.45) is 1.32. The van der Waals surface area contributed by atoms with Gasteiger partial charge in [-0.15, -0.1) is 0 Å². The second-order valence-corrected chi connectivity index (χ2v) is 5.58. The van der Waals surface area contributed by atoms with Crippen molar-refractivity contribution >= 4 is 0 Å². The van der Waals surface area contributed by atoms with Crippen LogP contribution in [0.4, 0.5) is 0 Å². The Morgan fingerprint density at radius 3 is 2.00 bits per heavy atom. The fourth-order valence-corrected chi connectivity index (χ4v) is 1.66. The van der Waals surface area contributed by atoms with E-state index >= 15 is 0 Å². The summed E-state index contributed by atoms with van der Waals surface area (Å²) in [5.41, 5.74) is 0.463. The molecule has 0 aromatic carbocycles. The summed E-state index contributed by atoms with van der Waals surface area (Å²) >= 11 is 0. The first-order valence-electron chi connectivity index (χ1n) is 5.57. The van der Waals surface area contributed by atoms with Crippen LogP contribution in [-0.4, -0.2) is 13.1 Å². The van der Waals surface area contributed by atoms with Gasteiger partial charge in [0.2, 0.25) is 0 Å². The molecule has 0 radical (unpaired) electrons. The van der Waals surface area contributed by atoms with Crippen molar-refractivity contribution in [3.8, 4) is 0 Å². The Morgan fingerprint density at radius 1 is 1.15 bits per heavy atom. The zero-order valence-corrected chi connectivity index (χ0v) is 10.3. The third-order valence-corrected chi connectivity index (χ3v) is 2.47. The topological polar surface area (TPSA) is 12.0 Å². The Hall–Kier alpha value is -0.0400. The molecule has 1 N–H and O–H groups in total. The van der Waals surface area contributed by atoms with Crippen molar-refractivity contribution in [2.75, 3.05) is 13.1 Å². The van der Waals surface area contributed by atoms with Crippen molar-refractivity contribution in [2.24, 2.45) is 17.3 Å². The van der Waals surface area contributed by atoms with Crippen molar-refractivity contribution < 1.29 is 0 Å². The molecule has 1 heteroatoms. The number of rotatable bonds is 5. The Morgan fingerprint density at radius 2 is 1.69 bits per heavy atom. The highest BCUT2D eigenvalue weighted by Gasteiger charge is 2.20. The van der Waals surface area contributed by atoms with Gasteiger partial charge in [-0.1, -0.05) is 41.5 Å². The molecule has 1 atom stereocenters. The van der Waals surface area contributed by atoms with Crippen molar-refractivity contribution in [3.05, 3.63) is 0 Å². The maximum atomic E-state index is 3.45. The smallest absolute Gasteiger partial charge is 0.00180 e. The molecule has 1 nitrogen and oxygen atoms in total. The van der Waals surface area contributed by atoms with Gasteiger partial charge in [0.1, 0.15) is 0 Å². The van der Waals surface area contributed by atoms with Crippen LogP contribution in [0, 0.1) is 17.3 Å². The summed E-state index contributed by atoms with van der Waals surface area (Å²) in [7, 11) is 0. The minimum absolute atomic E-state index is 0.463. The van der Waals surface area contributed by atoms with Crippen LogP contribution in [0.1, 0.15) is 48.0 Å². The van der Waals surface area contributed by atoms with Gasteiger partial charge < -0.3 is 5.32 Å². The second-order valence-electron chi connectivity index (χ2n) is 5.58. The van der Waals surface area contributed by atoms with Gasteiger partial charge in [-0.25, -0.2) is 0 Å². The van der Waals surface area contributed by atoms with Crippen LogP contribution in [0.25, 0.3) is 0 Å². The lowest BCUT2D eigenvalue weighted by Crippen LogP contribution is -2.29. The fourth-order valence-electron chi connectivity index (χ4n) is 1.66. The molecule has 0 amide bonds. The molecular weight excluding hydrogens is 158 g/mol. The number of hydrogen-bond acceptors (Lipinski definition) is 1. The molecule has 0 spiro atoms. The van der Waals surface area contributed by atoms with Crippen molar-refractivity contribution in [1.82, 2.24) is 5.32 Å². The van der Waals surface area contributed by atoms with Gasteiger partial charge in [-0.2, -0.15) is 0 Å². The molecule has 13 heavy (non-hydrogen) atoms. The first kappa shape index (κ1) is 13.0. The molecule has 0 heterocycles. The Kier molecular flexibility index (Phi) is 5.62. The van der Waals surface area contributed by atoms with Crippen molar-refractivity contribution in [2.45, 2.75) is 48.0 Å². The predicted molar refractivity (Wildman–Crippen MR) is 60.9 cm³/mol. The van der Waals surface area contributed by atoms with E-state index in [-0.39, 0.29) is 0 Å². The normalized spacial score (nSPS) is 15.0. The molecule has 0 saturated heterocycles. The minimum Gasteiger partial charge on any atom is -0.317 e. The fraction of sp³-hybridized carbons (Fsp3) is 1.00. The summed E-state index contributed by atoms with van der Waals surface area (Å²) in [6, 6.07) is 0. The van der Waals surface area contributed by atoms with Crippen LogP contribution in [0.5, 0.6) is 0 Å². The lowest BCUT2D eigenvalue weighted by Gasteiger charge is -2.28. The van der Waals surface area contributed by atoms with Crippen molar-refractivity contribution in [3.63, 3.8) is 0 Å². The molecular formula is C12H27N. The molecule has 1 unspecified atom stereocenters. The Balaban J connectivity index is 3.95. The molecule has 0 rings (SSSR count). The maximum absolute atomic E-state index is 3.45. The summed E-state index contributed by atoms with van der Waals surface area (Å²) < 4.78 is 0. The SMILES string of the molecule is CCNCC(CC(C)(C)C)C(C)C. The van der Waals surface area contributed by atoms with Gasteiger partial charge in [-0.05, 0) is 36.8 Å². The predicted octanol–water partition coefficient (Wildman–Crippen LogP) is 3.30. The summed E-state index contributed by atoms with van der Waals surface area (Å²) in [5.74, 6) is 1.61. The highest BCUT2D eigenvalue weighted by molar-refractivity contribution is 4.73. The van der Waals surface area contributed by atoms with Gasteiger partial charge in [-0.3, -0.25) is 0 Å². The Bertz CT molecular complexity index is 122. The summed E-state index contributed by atoms with van der Waals surface area (Å²) in [4.78, 5) is 0. The standard InChI is InChI=1S/C12H27N/c1-7-13-9-11(10(2)3)8-12(4,5)6/h10-11,13H,7-9H2,1-6H3. The summed E-state index contributed by atoms with van der Waals surface area (Å²) in [5, 5.41) is 3.45. The van der Waals surface area contributed by atoms with Crippen LogP contribution in [0.3, 0.4) is 0 Å². The average molecular weight is 185 g/mol. The van der Waals surface area contributed by atoms with Crippen LogP contribution >= 0.6 is 0 Å². The zero-order chi connectivity index (χ0) is 10.5. The zero-order valence-electron chi connectivity index (χ0n) is 10.3. The molecule has 0 aliphatic carbocycles. The van der Waals surface area contributed by atoms with E-state index in [2.05, 4.69) is 46.9 Å². The monoisotopic (exact) mass is 185 g/mol. The minimum atomic E-state index is 0.463. The second kappa shape index (κ2) is 5.64. The van der Waals surface area contributed by atoms with E-state index < -0.39 is 0 Å². The van der Waals surface area contributed by atoms with Crippen LogP contribution in [0.2, 0.25) is 0 Å². The molecule has 0 saturated carbocycles. The third kappa shape index (κ3) is 7.06. The van der Waals surface area contributed by atoms with Crippen LogP contribution < -0.4 is 5.32 Å². The Labute approximate surface area is 84.3 Å². The highest BCUT2D eigenvalue weighted by Crippen LogP contribution is 2.28.